The molecule has 1 aromatic carbocycles. The molecule has 1 aliphatic carbocycles. The molecular formula is C17H24N4. The topological polar surface area (TPSA) is 42.7 Å². The summed E-state index contributed by atoms with van der Waals surface area (Å²) in [6, 6.07) is 8.91. The number of aromatic nitrogens is 3. The molecule has 0 bridgehead atoms. The van der Waals surface area contributed by atoms with Crippen molar-refractivity contribution >= 4 is 5.69 Å². The monoisotopic (exact) mass is 284 g/mol. The van der Waals surface area contributed by atoms with Crippen molar-refractivity contribution in [2.24, 2.45) is 11.3 Å². The Balaban J connectivity index is 1.68. The smallest absolute Gasteiger partial charge is 0.0858 e. The van der Waals surface area contributed by atoms with E-state index in [9.17, 15) is 0 Å². The Kier molecular flexibility index (Phi) is 3.70. The number of nitrogens with one attached hydrogen (secondary N) is 1. The van der Waals surface area contributed by atoms with E-state index in [2.05, 4.69) is 60.6 Å². The zero-order valence-electron chi connectivity index (χ0n) is 13.1. The van der Waals surface area contributed by atoms with Crippen LogP contribution in [-0.2, 0) is 0 Å². The number of rotatable bonds is 3. The van der Waals surface area contributed by atoms with E-state index in [1.165, 1.54) is 24.9 Å². The van der Waals surface area contributed by atoms with Crippen LogP contribution in [0.1, 0.15) is 40.0 Å². The number of hydrogen-bond donors (Lipinski definition) is 1. The highest BCUT2D eigenvalue weighted by molar-refractivity contribution is 5.48. The third-order valence-corrected chi connectivity index (χ3v) is 4.27. The van der Waals surface area contributed by atoms with E-state index in [1.807, 2.05) is 0 Å². The molecule has 2 aromatic rings. The largest absolute Gasteiger partial charge is 0.382 e. The molecule has 1 aromatic heterocycles. The number of anilines is 1. The van der Waals surface area contributed by atoms with Crippen molar-refractivity contribution < 1.29 is 0 Å². The lowest BCUT2D eigenvalue weighted by Crippen LogP contribution is -2.35. The molecule has 3 rings (SSSR count). The van der Waals surface area contributed by atoms with Gasteiger partial charge in [-0.05, 0) is 54.9 Å². The van der Waals surface area contributed by atoms with Crippen molar-refractivity contribution in [1.29, 1.82) is 0 Å². The first-order valence-electron chi connectivity index (χ1n) is 7.75. The molecule has 1 fully saturated rings. The second-order valence-corrected chi connectivity index (χ2v) is 7.12. The van der Waals surface area contributed by atoms with Gasteiger partial charge in [0.05, 0.1) is 18.1 Å². The van der Waals surface area contributed by atoms with Crippen molar-refractivity contribution in [3.8, 4) is 5.69 Å². The maximum absolute atomic E-state index is 4.15. The van der Waals surface area contributed by atoms with Crippen LogP contribution in [0.15, 0.2) is 36.7 Å². The minimum atomic E-state index is 0.439. The van der Waals surface area contributed by atoms with Crippen LogP contribution in [-0.4, -0.2) is 21.0 Å². The van der Waals surface area contributed by atoms with Crippen LogP contribution in [0.3, 0.4) is 0 Å². The van der Waals surface area contributed by atoms with Gasteiger partial charge in [-0.15, -0.1) is 0 Å². The van der Waals surface area contributed by atoms with Crippen LogP contribution in [0.2, 0.25) is 0 Å². The summed E-state index contributed by atoms with van der Waals surface area (Å²) < 4.78 is 0. The molecule has 0 aliphatic heterocycles. The summed E-state index contributed by atoms with van der Waals surface area (Å²) in [6.07, 6.45) is 7.20. The second kappa shape index (κ2) is 5.51. The molecule has 0 spiro atoms. The quantitative estimate of drug-likeness (QED) is 0.929. The summed E-state index contributed by atoms with van der Waals surface area (Å²) in [5.41, 5.74) is 2.61. The summed E-state index contributed by atoms with van der Waals surface area (Å²) in [5, 5.41) is 12.0. The molecule has 1 N–H and O–H groups in total. The SMILES string of the molecule is CC1CC(Nc2ccc(-n3nccn3)cc2)CC(C)(C)C1. The molecule has 1 saturated carbocycles. The molecule has 1 heterocycles. The van der Waals surface area contributed by atoms with E-state index in [0.717, 1.165) is 11.6 Å². The number of hydrogen-bond acceptors (Lipinski definition) is 3. The Morgan fingerprint density at radius 3 is 2.38 bits per heavy atom. The first-order chi connectivity index (χ1) is 10.0. The van der Waals surface area contributed by atoms with Crippen molar-refractivity contribution in [2.75, 3.05) is 5.32 Å². The van der Waals surface area contributed by atoms with E-state index >= 15 is 0 Å². The maximum Gasteiger partial charge on any atom is 0.0858 e. The molecule has 2 unspecified atom stereocenters. The van der Waals surface area contributed by atoms with E-state index < -0.39 is 0 Å². The fourth-order valence-electron chi connectivity index (χ4n) is 3.73. The van der Waals surface area contributed by atoms with Crippen molar-refractivity contribution in [3.05, 3.63) is 36.7 Å². The highest BCUT2D eigenvalue weighted by Crippen LogP contribution is 2.39. The van der Waals surface area contributed by atoms with Crippen LogP contribution in [0.4, 0.5) is 5.69 Å². The van der Waals surface area contributed by atoms with E-state index in [1.54, 1.807) is 17.2 Å². The standard InChI is InChI=1S/C17H24N4/c1-13-10-15(12-17(2,3)11-13)20-14-4-6-16(7-5-14)21-18-8-9-19-21/h4-9,13,15,20H,10-12H2,1-3H3. The van der Waals surface area contributed by atoms with Crippen molar-refractivity contribution in [2.45, 2.75) is 46.1 Å². The predicted octanol–water partition coefficient (Wildman–Crippen LogP) is 3.89. The third kappa shape index (κ3) is 3.43. The first kappa shape index (κ1) is 14.1. The molecule has 0 radical (unpaired) electrons. The number of benzene rings is 1. The van der Waals surface area contributed by atoms with Gasteiger partial charge in [-0.25, -0.2) is 0 Å². The third-order valence-electron chi connectivity index (χ3n) is 4.27. The minimum absolute atomic E-state index is 0.439. The Morgan fingerprint density at radius 2 is 1.76 bits per heavy atom. The van der Waals surface area contributed by atoms with Gasteiger partial charge in [-0.1, -0.05) is 20.8 Å². The van der Waals surface area contributed by atoms with Gasteiger partial charge >= 0.3 is 0 Å². The highest BCUT2D eigenvalue weighted by Gasteiger charge is 2.31. The molecule has 2 atom stereocenters. The lowest BCUT2D eigenvalue weighted by atomic mass is 9.70. The molecule has 0 saturated heterocycles. The van der Waals surface area contributed by atoms with E-state index in [4.69, 9.17) is 0 Å². The summed E-state index contributed by atoms with van der Waals surface area (Å²) in [6.45, 7) is 7.12. The van der Waals surface area contributed by atoms with Crippen LogP contribution in [0.5, 0.6) is 0 Å². The van der Waals surface area contributed by atoms with Gasteiger partial charge < -0.3 is 5.32 Å². The summed E-state index contributed by atoms with van der Waals surface area (Å²) >= 11 is 0. The first-order valence-corrected chi connectivity index (χ1v) is 7.75. The van der Waals surface area contributed by atoms with Crippen LogP contribution < -0.4 is 5.32 Å². The van der Waals surface area contributed by atoms with Gasteiger partial charge in [0, 0.05) is 11.7 Å². The fourth-order valence-corrected chi connectivity index (χ4v) is 3.73. The lowest BCUT2D eigenvalue weighted by molar-refractivity contribution is 0.178. The minimum Gasteiger partial charge on any atom is -0.382 e. The van der Waals surface area contributed by atoms with Crippen molar-refractivity contribution in [1.82, 2.24) is 15.0 Å². The average molecular weight is 284 g/mol. The molecule has 112 valence electrons. The Hall–Kier alpha value is -1.84. The Labute approximate surface area is 126 Å². The summed E-state index contributed by atoms with van der Waals surface area (Å²) in [7, 11) is 0. The molecule has 0 amide bonds. The lowest BCUT2D eigenvalue weighted by Gasteiger charge is -2.39. The molecular weight excluding hydrogens is 260 g/mol. The van der Waals surface area contributed by atoms with Crippen LogP contribution in [0.25, 0.3) is 5.69 Å². The average Bonchev–Trinajstić information content (AvgIpc) is 2.91. The van der Waals surface area contributed by atoms with Gasteiger partial charge in [0.25, 0.3) is 0 Å². The zero-order valence-corrected chi connectivity index (χ0v) is 13.1. The van der Waals surface area contributed by atoms with Crippen LogP contribution in [0, 0.1) is 11.3 Å². The fraction of sp³-hybridized carbons (Fsp3) is 0.529. The predicted molar refractivity (Wildman–Crippen MR) is 85.6 cm³/mol. The van der Waals surface area contributed by atoms with Gasteiger partial charge in [0.2, 0.25) is 0 Å². The molecule has 4 heteroatoms. The maximum atomic E-state index is 4.15. The van der Waals surface area contributed by atoms with Crippen molar-refractivity contribution in [3.63, 3.8) is 0 Å². The molecule has 4 nitrogen and oxygen atoms in total. The van der Waals surface area contributed by atoms with Gasteiger partial charge in [0.15, 0.2) is 0 Å². The highest BCUT2D eigenvalue weighted by atomic mass is 15.5. The van der Waals surface area contributed by atoms with Gasteiger partial charge in [0.1, 0.15) is 0 Å². The normalized spacial score (nSPS) is 24.7. The summed E-state index contributed by atoms with van der Waals surface area (Å²) in [5.74, 6) is 0.791. The van der Waals surface area contributed by atoms with Gasteiger partial charge in [-0.2, -0.15) is 15.0 Å². The Bertz CT molecular complexity index is 571. The van der Waals surface area contributed by atoms with E-state index in [0.29, 0.717) is 11.5 Å². The van der Waals surface area contributed by atoms with Gasteiger partial charge in [-0.3, -0.25) is 0 Å². The summed E-state index contributed by atoms with van der Waals surface area (Å²) in [4.78, 5) is 1.63. The van der Waals surface area contributed by atoms with E-state index in [-0.39, 0.29) is 0 Å². The van der Waals surface area contributed by atoms with Crippen LogP contribution >= 0.6 is 0 Å². The second-order valence-electron chi connectivity index (χ2n) is 7.12. The molecule has 1 aliphatic rings. The number of nitrogens with zero attached hydrogens (tertiary/aromatic N) is 3. The molecule has 21 heavy (non-hydrogen) atoms. The Morgan fingerprint density at radius 1 is 1.10 bits per heavy atom. The zero-order chi connectivity index (χ0) is 14.9.